The molecular formula is C17H15FN2O2. The van der Waals surface area contributed by atoms with Gasteiger partial charge < -0.3 is 15.4 Å². The lowest BCUT2D eigenvalue weighted by Crippen LogP contribution is -2.29. The molecule has 0 radical (unpaired) electrons. The molecule has 2 rings (SSSR count). The highest BCUT2D eigenvalue weighted by atomic mass is 19.1. The standard InChI is InChI=1S/C17H15FN2O2/c1-22-16-11-5-2-7-13(16)8-6-12-19-17(21)20-15-10-4-3-9-14(15)18/h2-5,7,9-11H,12H2,1H3,(H2,19,20,21). The van der Waals surface area contributed by atoms with Gasteiger partial charge in [0.05, 0.1) is 24.9 Å². The van der Waals surface area contributed by atoms with Crippen LogP contribution in [0.1, 0.15) is 5.56 Å². The summed E-state index contributed by atoms with van der Waals surface area (Å²) in [6, 6.07) is 12.8. The molecule has 2 amide bonds. The highest BCUT2D eigenvalue weighted by molar-refractivity contribution is 5.89. The van der Waals surface area contributed by atoms with E-state index in [0.717, 1.165) is 5.56 Å². The molecule has 5 heteroatoms. The normalized spacial score (nSPS) is 9.36. The summed E-state index contributed by atoms with van der Waals surface area (Å²) in [6.07, 6.45) is 0. The molecule has 0 aliphatic carbocycles. The maximum atomic E-state index is 13.4. The molecule has 0 aromatic heterocycles. The Hall–Kier alpha value is -3.00. The molecule has 0 heterocycles. The number of carbonyl (C=O) groups is 1. The number of methoxy groups -OCH3 is 1. The van der Waals surface area contributed by atoms with Gasteiger partial charge in [0.2, 0.25) is 0 Å². The molecule has 4 nitrogen and oxygen atoms in total. The summed E-state index contributed by atoms with van der Waals surface area (Å²) in [6.45, 7) is 0.137. The van der Waals surface area contributed by atoms with E-state index in [0.29, 0.717) is 5.75 Å². The molecule has 2 aromatic carbocycles. The van der Waals surface area contributed by atoms with Crippen molar-refractivity contribution in [1.82, 2.24) is 5.32 Å². The number of nitrogens with one attached hydrogen (secondary N) is 2. The quantitative estimate of drug-likeness (QED) is 0.856. The Balaban J connectivity index is 1.88. The molecule has 0 aliphatic heterocycles. The zero-order chi connectivity index (χ0) is 15.8. The van der Waals surface area contributed by atoms with Crippen molar-refractivity contribution in [1.29, 1.82) is 0 Å². The van der Waals surface area contributed by atoms with Crippen molar-refractivity contribution in [2.45, 2.75) is 0 Å². The van der Waals surface area contributed by atoms with Gasteiger partial charge in [0.1, 0.15) is 11.6 Å². The Labute approximate surface area is 128 Å². The van der Waals surface area contributed by atoms with Crippen LogP contribution < -0.4 is 15.4 Å². The highest BCUT2D eigenvalue weighted by Crippen LogP contribution is 2.15. The lowest BCUT2D eigenvalue weighted by atomic mass is 10.2. The van der Waals surface area contributed by atoms with Gasteiger partial charge in [-0.1, -0.05) is 36.1 Å². The third kappa shape index (κ3) is 4.25. The van der Waals surface area contributed by atoms with Gasteiger partial charge in [-0.3, -0.25) is 0 Å². The summed E-state index contributed by atoms with van der Waals surface area (Å²) in [5.74, 6) is 5.90. The van der Waals surface area contributed by atoms with Gasteiger partial charge in [0.15, 0.2) is 0 Å². The average Bonchev–Trinajstić information content (AvgIpc) is 2.54. The van der Waals surface area contributed by atoms with Crippen LogP contribution in [0.4, 0.5) is 14.9 Å². The molecule has 22 heavy (non-hydrogen) atoms. The number of ether oxygens (including phenoxy) is 1. The molecule has 2 N–H and O–H groups in total. The average molecular weight is 298 g/mol. The summed E-state index contributed by atoms with van der Waals surface area (Å²) >= 11 is 0. The zero-order valence-corrected chi connectivity index (χ0v) is 12.0. The Morgan fingerprint density at radius 3 is 2.68 bits per heavy atom. The maximum Gasteiger partial charge on any atom is 0.320 e. The van der Waals surface area contributed by atoms with Crippen molar-refractivity contribution >= 4 is 11.7 Å². The number of rotatable bonds is 3. The van der Waals surface area contributed by atoms with Crippen molar-refractivity contribution in [3.63, 3.8) is 0 Å². The lowest BCUT2D eigenvalue weighted by molar-refractivity contribution is 0.253. The monoisotopic (exact) mass is 298 g/mol. The predicted molar refractivity (Wildman–Crippen MR) is 83.3 cm³/mol. The Kier molecular flexibility index (Phi) is 5.38. The van der Waals surface area contributed by atoms with Crippen LogP contribution in [0.3, 0.4) is 0 Å². The number of hydrogen-bond donors (Lipinski definition) is 2. The van der Waals surface area contributed by atoms with Crippen molar-refractivity contribution in [2.75, 3.05) is 19.0 Å². The van der Waals surface area contributed by atoms with Crippen molar-refractivity contribution < 1.29 is 13.9 Å². The molecule has 0 unspecified atom stereocenters. The van der Waals surface area contributed by atoms with Gasteiger partial charge in [-0.15, -0.1) is 0 Å². The van der Waals surface area contributed by atoms with Gasteiger partial charge in [0.25, 0.3) is 0 Å². The van der Waals surface area contributed by atoms with E-state index < -0.39 is 11.8 Å². The van der Waals surface area contributed by atoms with Gasteiger partial charge >= 0.3 is 6.03 Å². The summed E-state index contributed by atoms with van der Waals surface area (Å²) in [4.78, 5) is 11.6. The molecule has 0 aliphatic rings. The van der Waals surface area contributed by atoms with Gasteiger partial charge in [-0.25, -0.2) is 9.18 Å². The summed E-state index contributed by atoms with van der Waals surface area (Å²) < 4.78 is 18.5. The van der Waals surface area contributed by atoms with Crippen LogP contribution >= 0.6 is 0 Å². The molecule has 0 saturated carbocycles. The number of anilines is 1. The van der Waals surface area contributed by atoms with Crippen LogP contribution in [-0.4, -0.2) is 19.7 Å². The predicted octanol–water partition coefficient (Wildman–Crippen LogP) is 3.01. The van der Waals surface area contributed by atoms with E-state index in [9.17, 15) is 9.18 Å². The van der Waals surface area contributed by atoms with Crippen LogP contribution in [0.25, 0.3) is 0 Å². The number of carbonyl (C=O) groups excluding carboxylic acids is 1. The molecule has 0 fully saturated rings. The van der Waals surface area contributed by atoms with E-state index in [1.165, 1.54) is 12.1 Å². The second kappa shape index (κ2) is 7.70. The Bertz CT molecular complexity index is 720. The van der Waals surface area contributed by atoms with Gasteiger partial charge in [-0.05, 0) is 24.3 Å². The number of para-hydroxylation sites is 2. The minimum Gasteiger partial charge on any atom is -0.495 e. The second-order valence-corrected chi connectivity index (χ2v) is 4.29. The van der Waals surface area contributed by atoms with E-state index in [1.807, 2.05) is 24.3 Å². The first-order valence-electron chi connectivity index (χ1n) is 6.62. The minimum absolute atomic E-state index is 0.123. The summed E-state index contributed by atoms with van der Waals surface area (Å²) in [5.41, 5.74) is 0.860. The number of amides is 2. The number of halogens is 1. The molecule has 0 atom stereocenters. The third-order valence-electron chi connectivity index (χ3n) is 2.79. The van der Waals surface area contributed by atoms with Crippen molar-refractivity contribution in [2.24, 2.45) is 0 Å². The first kappa shape index (κ1) is 15.4. The lowest BCUT2D eigenvalue weighted by Gasteiger charge is -2.05. The van der Waals surface area contributed by atoms with Crippen molar-refractivity contribution in [3.8, 4) is 17.6 Å². The van der Waals surface area contributed by atoms with E-state index in [4.69, 9.17) is 4.74 Å². The highest BCUT2D eigenvalue weighted by Gasteiger charge is 2.04. The van der Waals surface area contributed by atoms with E-state index >= 15 is 0 Å². The fourth-order valence-electron chi connectivity index (χ4n) is 1.74. The van der Waals surface area contributed by atoms with Crippen molar-refractivity contribution in [3.05, 3.63) is 59.9 Å². The van der Waals surface area contributed by atoms with Crippen LogP contribution in [0, 0.1) is 17.7 Å². The van der Waals surface area contributed by atoms with E-state index in [1.54, 1.807) is 19.2 Å². The van der Waals surface area contributed by atoms with E-state index in [2.05, 4.69) is 22.5 Å². The molecular weight excluding hydrogens is 283 g/mol. The molecule has 0 spiro atoms. The smallest absolute Gasteiger partial charge is 0.320 e. The fourth-order valence-corrected chi connectivity index (χ4v) is 1.74. The Morgan fingerprint density at radius 2 is 1.91 bits per heavy atom. The van der Waals surface area contributed by atoms with Crippen LogP contribution in [0.15, 0.2) is 48.5 Å². The van der Waals surface area contributed by atoms with Crippen LogP contribution in [-0.2, 0) is 0 Å². The minimum atomic E-state index is -0.514. The zero-order valence-electron chi connectivity index (χ0n) is 12.0. The summed E-state index contributed by atoms with van der Waals surface area (Å²) in [5, 5.41) is 4.95. The van der Waals surface area contributed by atoms with E-state index in [-0.39, 0.29) is 12.2 Å². The van der Waals surface area contributed by atoms with Crippen LogP contribution in [0.2, 0.25) is 0 Å². The molecule has 2 aromatic rings. The first-order valence-corrected chi connectivity index (χ1v) is 6.62. The molecule has 0 saturated heterocycles. The van der Waals surface area contributed by atoms with Gasteiger partial charge in [0, 0.05) is 0 Å². The largest absolute Gasteiger partial charge is 0.495 e. The second-order valence-electron chi connectivity index (χ2n) is 4.29. The fraction of sp³-hybridized carbons (Fsp3) is 0.118. The SMILES string of the molecule is COc1ccccc1C#CCNC(=O)Nc1ccccc1F. The number of urea groups is 1. The summed E-state index contributed by atoms with van der Waals surface area (Å²) in [7, 11) is 1.57. The third-order valence-corrected chi connectivity index (χ3v) is 2.79. The molecule has 112 valence electrons. The number of benzene rings is 2. The number of hydrogen-bond acceptors (Lipinski definition) is 2. The topological polar surface area (TPSA) is 50.4 Å². The first-order chi connectivity index (χ1) is 10.7. The van der Waals surface area contributed by atoms with Gasteiger partial charge in [-0.2, -0.15) is 0 Å². The molecule has 0 bridgehead atoms. The van der Waals surface area contributed by atoms with Crippen LogP contribution in [0.5, 0.6) is 5.75 Å². The maximum absolute atomic E-state index is 13.4. The Morgan fingerprint density at radius 1 is 1.18 bits per heavy atom.